The summed E-state index contributed by atoms with van der Waals surface area (Å²) in [6.45, 7) is 2.21. The van der Waals surface area contributed by atoms with Crippen molar-refractivity contribution in [1.82, 2.24) is 4.31 Å². The smallest absolute Gasteiger partial charge is 0.243 e. The van der Waals surface area contributed by atoms with E-state index in [2.05, 4.69) is 5.32 Å². The first kappa shape index (κ1) is 18.1. The van der Waals surface area contributed by atoms with Crippen LogP contribution in [0.2, 0.25) is 0 Å². The number of rotatable bonds is 4. The first-order valence-electron chi connectivity index (χ1n) is 8.31. The third-order valence-electron chi connectivity index (χ3n) is 4.42. The van der Waals surface area contributed by atoms with E-state index in [-0.39, 0.29) is 10.8 Å². The number of amides is 1. The molecule has 1 heterocycles. The molecule has 0 aromatic heterocycles. The van der Waals surface area contributed by atoms with Crippen LogP contribution in [0.3, 0.4) is 0 Å². The van der Waals surface area contributed by atoms with Gasteiger partial charge >= 0.3 is 0 Å². The minimum atomic E-state index is -3.72. The average Bonchev–Trinajstić information content (AvgIpc) is 3.13. The van der Waals surface area contributed by atoms with E-state index in [1.54, 1.807) is 48.5 Å². The van der Waals surface area contributed by atoms with E-state index in [1.165, 1.54) is 4.31 Å². The number of anilines is 1. The summed E-state index contributed by atoms with van der Waals surface area (Å²) in [5.74, 6) is -0.358. The van der Waals surface area contributed by atoms with Crippen molar-refractivity contribution in [2.75, 3.05) is 11.9 Å². The normalized spacial score (nSPS) is 17.6. The minimum Gasteiger partial charge on any atom is -0.325 e. The van der Waals surface area contributed by atoms with Gasteiger partial charge in [0.05, 0.1) is 16.5 Å². The maximum atomic E-state index is 12.9. The zero-order valence-electron chi connectivity index (χ0n) is 14.3. The Bertz CT molecular complexity index is 945. The molecule has 2 aromatic rings. The van der Waals surface area contributed by atoms with E-state index in [1.807, 2.05) is 13.0 Å². The van der Waals surface area contributed by atoms with Gasteiger partial charge in [0.25, 0.3) is 0 Å². The Morgan fingerprint density at radius 3 is 2.42 bits per heavy atom. The summed E-state index contributed by atoms with van der Waals surface area (Å²) < 4.78 is 27.1. The molecule has 3 rings (SSSR count). The van der Waals surface area contributed by atoms with Crippen LogP contribution in [0, 0.1) is 18.3 Å². The number of hydrogen-bond donors (Lipinski definition) is 1. The van der Waals surface area contributed by atoms with E-state index in [0.29, 0.717) is 30.6 Å². The number of carbonyl (C=O) groups excluding carboxylic acids is 1. The topological polar surface area (TPSA) is 90.3 Å². The highest BCUT2D eigenvalue weighted by Gasteiger charge is 2.39. The maximum Gasteiger partial charge on any atom is 0.243 e. The SMILES string of the molecule is Cc1ccc(S(=O)(=O)N2CCCC2C(=O)Nc2ccc(C#N)cc2)cc1. The van der Waals surface area contributed by atoms with E-state index >= 15 is 0 Å². The molecule has 1 aliphatic rings. The lowest BCUT2D eigenvalue weighted by Crippen LogP contribution is -2.43. The molecule has 1 N–H and O–H groups in total. The summed E-state index contributed by atoms with van der Waals surface area (Å²) in [6, 6.07) is 14.4. The fraction of sp³-hybridized carbons (Fsp3) is 0.263. The van der Waals surface area contributed by atoms with Crippen LogP contribution in [0.1, 0.15) is 24.0 Å². The van der Waals surface area contributed by atoms with Gasteiger partial charge in [-0.2, -0.15) is 9.57 Å². The van der Waals surface area contributed by atoms with Crippen molar-refractivity contribution >= 4 is 21.6 Å². The monoisotopic (exact) mass is 369 g/mol. The van der Waals surface area contributed by atoms with Crippen LogP contribution in [0.5, 0.6) is 0 Å². The van der Waals surface area contributed by atoms with Gasteiger partial charge in [-0.25, -0.2) is 8.42 Å². The second kappa shape index (κ2) is 7.28. The largest absolute Gasteiger partial charge is 0.325 e. The Kier molecular flexibility index (Phi) is 5.07. The van der Waals surface area contributed by atoms with Crippen LogP contribution in [0.4, 0.5) is 5.69 Å². The molecule has 2 aromatic carbocycles. The molecular formula is C19H19N3O3S. The van der Waals surface area contributed by atoms with Gasteiger partial charge < -0.3 is 5.32 Å². The van der Waals surface area contributed by atoms with Gasteiger partial charge in [-0.3, -0.25) is 4.79 Å². The van der Waals surface area contributed by atoms with Crippen molar-refractivity contribution in [3.63, 3.8) is 0 Å². The van der Waals surface area contributed by atoms with Crippen molar-refractivity contribution < 1.29 is 13.2 Å². The zero-order valence-corrected chi connectivity index (χ0v) is 15.2. The first-order valence-corrected chi connectivity index (χ1v) is 9.75. The zero-order chi connectivity index (χ0) is 18.7. The molecule has 26 heavy (non-hydrogen) atoms. The highest BCUT2D eigenvalue weighted by atomic mass is 32.2. The Labute approximate surface area is 153 Å². The maximum absolute atomic E-state index is 12.9. The van der Waals surface area contributed by atoms with Crippen LogP contribution in [0.25, 0.3) is 0 Å². The molecule has 1 saturated heterocycles. The fourth-order valence-electron chi connectivity index (χ4n) is 2.99. The second-order valence-electron chi connectivity index (χ2n) is 6.27. The van der Waals surface area contributed by atoms with Gasteiger partial charge in [-0.1, -0.05) is 17.7 Å². The molecule has 0 aliphatic carbocycles. The molecular weight excluding hydrogens is 350 g/mol. The highest BCUT2D eigenvalue weighted by molar-refractivity contribution is 7.89. The van der Waals surface area contributed by atoms with Crippen LogP contribution in [-0.4, -0.2) is 31.2 Å². The van der Waals surface area contributed by atoms with E-state index in [4.69, 9.17) is 5.26 Å². The molecule has 0 radical (unpaired) electrons. The van der Waals surface area contributed by atoms with Gasteiger partial charge in [0.2, 0.25) is 15.9 Å². The molecule has 1 unspecified atom stereocenters. The van der Waals surface area contributed by atoms with Crippen molar-refractivity contribution in [2.24, 2.45) is 0 Å². The third-order valence-corrected chi connectivity index (χ3v) is 6.34. The lowest BCUT2D eigenvalue weighted by atomic mass is 10.2. The van der Waals surface area contributed by atoms with E-state index in [9.17, 15) is 13.2 Å². The molecule has 1 fully saturated rings. The van der Waals surface area contributed by atoms with Crippen molar-refractivity contribution in [1.29, 1.82) is 5.26 Å². The van der Waals surface area contributed by atoms with Crippen LogP contribution in [-0.2, 0) is 14.8 Å². The second-order valence-corrected chi connectivity index (χ2v) is 8.16. The van der Waals surface area contributed by atoms with Crippen LogP contribution in [0.15, 0.2) is 53.4 Å². The predicted octanol–water partition coefficient (Wildman–Crippen LogP) is 2.66. The number of hydrogen-bond acceptors (Lipinski definition) is 4. The van der Waals surface area contributed by atoms with Crippen molar-refractivity contribution in [2.45, 2.75) is 30.7 Å². The molecule has 1 amide bonds. The Morgan fingerprint density at radius 2 is 1.81 bits per heavy atom. The van der Waals surface area contributed by atoms with Gasteiger partial charge in [-0.15, -0.1) is 0 Å². The number of nitrogens with zero attached hydrogens (tertiary/aromatic N) is 2. The molecule has 0 spiro atoms. The summed E-state index contributed by atoms with van der Waals surface area (Å²) in [7, 11) is -3.72. The molecule has 0 bridgehead atoms. The lowest BCUT2D eigenvalue weighted by Gasteiger charge is -2.23. The van der Waals surface area contributed by atoms with Gasteiger partial charge in [0, 0.05) is 12.2 Å². The Hall–Kier alpha value is -2.69. The van der Waals surface area contributed by atoms with Crippen LogP contribution < -0.4 is 5.32 Å². The lowest BCUT2D eigenvalue weighted by molar-refractivity contribution is -0.119. The standard InChI is InChI=1S/C19H19N3O3S/c1-14-4-10-17(11-5-14)26(24,25)22-12-2-3-18(22)19(23)21-16-8-6-15(13-20)7-9-16/h4-11,18H,2-3,12H2,1H3,(H,21,23). The highest BCUT2D eigenvalue weighted by Crippen LogP contribution is 2.27. The van der Waals surface area contributed by atoms with Gasteiger partial charge in [0.1, 0.15) is 6.04 Å². The van der Waals surface area contributed by atoms with Crippen molar-refractivity contribution in [3.05, 3.63) is 59.7 Å². The predicted molar refractivity (Wildman–Crippen MR) is 97.9 cm³/mol. The quantitative estimate of drug-likeness (QED) is 0.897. The summed E-state index contributed by atoms with van der Waals surface area (Å²) in [5.41, 5.74) is 2.00. The summed E-state index contributed by atoms with van der Waals surface area (Å²) in [5, 5.41) is 11.6. The Morgan fingerprint density at radius 1 is 1.15 bits per heavy atom. The number of nitrogens with one attached hydrogen (secondary N) is 1. The Balaban J connectivity index is 1.79. The van der Waals surface area contributed by atoms with Gasteiger partial charge in [-0.05, 0) is 56.2 Å². The minimum absolute atomic E-state index is 0.196. The van der Waals surface area contributed by atoms with Crippen molar-refractivity contribution in [3.8, 4) is 6.07 Å². The van der Waals surface area contributed by atoms with Gasteiger partial charge in [0.15, 0.2) is 0 Å². The number of benzene rings is 2. The third kappa shape index (κ3) is 3.62. The molecule has 134 valence electrons. The number of nitriles is 1. The summed E-state index contributed by atoms with van der Waals surface area (Å²) in [6.07, 6.45) is 1.11. The average molecular weight is 369 g/mol. The van der Waals surface area contributed by atoms with E-state index < -0.39 is 16.1 Å². The van der Waals surface area contributed by atoms with Crippen LogP contribution >= 0.6 is 0 Å². The summed E-state index contributed by atoms with van der Waals surface area (Å²) >= 11 is 0. The number of aryl methyl sites for hydroxylation is 1. The number of carbonyl (C=O) groups is 1. The summed E-state index contributed by atoms with van der Waals surface area (Å²) in [4.78, 5) is 12.8. The molecule has 6 nitrogen and oxygen atoms in total. The fourth-order valence-corrected chi connectivity index (χ4v) is 4.65. The molecule has 0 saturated carbocycles. The molecule has 1 aliphatic heterocycles. The number of sulfonamides is 1. The molecule has 1 atom stereocenters. The van der Waals surface area contributed by atoms with E-state index in [0.717, 1.165) is 5.56 Å². The molecule has 7 heteroatoms. The first-order chi connectivity index (χ1) is 12.4.